The van der Waals surface area contributed by atoms with Crippen LogP contribution in [0, 0.1) is 0 Å². The van der Waals surface area contributed by atoms with Crippen LogP contribution in [0.1, 0.15) is 61.5 Å². The lowest BCUT2D eigenvalue weighted by Gasteiger charge is -2.17. The molecule has 1 atom stereocenters. The van der Waals surface area contributed by atoms with E-state index in [9.17, 15) is 4.79 Å². The van der Waals surface area contributed by atoms with Gasteiger partial charge in [-0.25, -0.2) is 14.8 Å². The molecule has 0 aliphatic rings. The first-order valence-electron chi connectivity index (χ1n) is 10.9. The molecular formula is C25H28N4O2. The van der Waals surface area contributed by atoms with Crippen molar-refractivity contribution in [3.8, 4) is 0 Å². The summed E-state index contributed by atoms with van der Waals surface area (Å²) in [5.41, 5.74) is 10.5. The maximum Gasteiger partial charge on any atom is 0.344 e. The minimum atomic E-state index is -0.442. The average molecular weight is 417 g/mol. The Bertz CT molecular complexity index is 1200. The second kappa shape index (κ2) is 9.16. The Balaban J connectivity index is 1.80. The third kappa shape index (κ3) is 4.10. The van der Waals surface area contributed by atoms with Gasteiger partial charge in [0.15, 0.2) is 5.65 Å². The van der Waals surface area contributed by atoms with Crippen molar-refractivity contribution in [2.24, 2.45) is 0 Å². The summed E-state index contributed by atoms with van der Waals surface area (Å²) < 4.78 is 7.46. The highest BCUT2D eigenvalue weighted by molar-refractivity contribution is 6.08. The molecule has 2 aromatic heterocycles. The van der Waals surface area contributed by atoms with Crippen molar-refractivity contribution in [1.82, 2.24) is 14.5 Å². The van der Waals surface area contributed by atoms with Crippen molar-refractivity contribution in [1.29, 1.82) is 0 Å². The summed E-state index contributed by atoms with van der Waals surface area (Å²) in [6.07, 6.45) is 4.14. The normalized spacial score (nSPS) is 12.3. The van der Waals surface area contributed by atoms with Crippen LogP contribution in [0.3, 0.4) is 0 Å². The topological polar surface area (TPSA) is 83.0 Å². The Labute approximate surface area is 182 Å². The molecule has 0 unspecified atom stereocenters. The quantitative estimate of drug-likeness (QED) is 0.302. The van der Waals surface area contributed by atoms with Gasteiger partial charge in [-0.2, -0.15) is 0 Å². The molecule has 0 amide bonds. The lowest BCUT2D eigenvalue weighted by atomic mass is 10.1. The number of hydrogen-bond donors (Lipinski definition) is 1. The molecule has 0 spiro atoms. The van der Waals surface area contributed by atoms with Gasteiger partial charge in [0.25, 0.3) is 0 Å². The number of carbonyl (C=O) groups excluding carboxylic acids is 1. The van der Waals surface area contributed by atoms with Crippen molar-refractivity contribution >= 4 is 34.0 Å². The van der Waals surface area contributed by atoms with Crippen molar-refractivity contribution in [2.75, 3.05) is 12.3 Å². The van der Waals surface area contributed by atoms with E-state index in [2.05, 4.69) is 6.92 Å². The summed E-state index contributed by atoms with van der Waals surface area (Å²) in [6.45, 7) is 4.57. The minimum Gasteiger partial charge on any atom is -0.462 e. The highest BCUT2D eigenvalue weighted by Gasteiger charge is 2.27. The molecule has 2 N–H and O–H groups in total. The zero-order valence-corrected chi connectivity index (χ0v) is 18.0. The highest BCUT2D eigenvalue weighted by atomic mass is 16.5. The molecule has 6 nitrogen and oxygen atoms in total. The van der Waals surface area contributed by atoms with E-state index in [1.54, 1.807) is 0 Å². The molecule has 0 fully saturated rings. The van der Waals surface area contributed by atoms with Crippen LogP contribution in [0.5, 0.6) is 0 Å². The number of aromatic nitrogens is 3. The number of nitrogen functional groups attached to an aromatic ring is 1. The van der Waals surface area contributed by atoms with E-state index in [-0.39, 0.29) is 6.04 Å². The largest absolute Gasteiger partial charge is 0.462 e. The van der Waals surface area contributed by atoms with Gasteiger partial charge in [0.1, 0.15) is 16.9 Å². The summed E-state index contributed by atoms with van der Waals surface area (Å²) in [5.74, 6) is -0.109. The van der Waals surface area contributed by atoms with Gasteiger partial charge in [0, 0.05) is 0 Å². The molecule has 0 saturated heterocycles. The van der Waals surface area contributed by atoms with Crippen LogP contribution in [-0.4, -0.2) is 27.1 Å². The molecule has 0 aliphatic heterocycles. The molecule has 0 bridgehead atoms. The number of nitrogens with two attached hydrogens (primary N) is 1. The van der Waals surface area contributed by atoms with E-state index in [0.717, 1.165) is 42.3 Å². The van der Waals surface area contributed by atoms with E-state index in [4.69, 9.17) is 20.4 Å². The number of anilines is 1. The Morgan fingerprint density at radius 3 is 2.39 bits per heavy atom. The second-order valence-electron chi connectivity index (χ2n) is 7.80. The number of unbranched alkanes of at least 4 members (excludes halogenated alkanes) is 3. The van der Waals surface area contributed by atoms with E-state index in [1.807, 2.05) is 66.1 Å². The molecule has 0 aliphatic carbocycles. The highest BCUT2D eigenvalue weighted by Crippen LogP contribution is 2.33. The van der Waals surface area contributed by atoms with Crippen LogP contribution in [0.2, 0.25) is 0 Å². The Morgan fingerprint density at radius 2 is 1.68 bits per heavy atom. The van der Waals surface area contributed by atoms with Crippen LogP contribution < -0.4 is 5.73 Å². The summed E-state index contributed by atoms with van der Waals surface area (Å²) in [5, 5.41) is 0. The maximum atomic E-state index is 13.0. The van der Waals surface area contributed by atoms with Gasteiger partial charge in [-0.3, -0.25) is 0 Å². The van der Waals surface area contributed by atoms with Crippen molar-refractivity contribution < 1.29 is 9.53 Å². The average Bonchev–Trinajstić information content (AvgIpc) is 3.08. The Morgan fingerprint density at radius 1 is 1.00 bits per heavy atom. The molecule has 2 heterocycles. The zero-order valence-electron chi connectivity index (χ0n) is 18.0. The number of fused-ring (bicyclic) bond motifs is 2. The predicted octanol–water partition coefficient (Wildman–Crippen LogP) is 5.51. The maximum absolute atomic E-state index is 13.0. The molecule has 6 heteroatoms. The fourth-order valence-corrected chi connectivity index (χ4v) is 3.92. The van der Waals surface area contributed by atoms with Crippen molar-refractivity contribution in [3.63, 3.8) is 0 Å². The zero-order chi connectivity index (χ0) is 21.8. The number of ether oxygens (including phenoxy) is 1. The molecule has 0 saturated carbocycles. The predicted molar refractivity (Wildman–Crippen MR) is 124 cm³/mol. The van der Waals surface area contributed by atoms with Crippen LogP contribution >= 0.6 is 0 Å². The number of para-hydroxylation sites is 2. The van der Waals surface area contributed by atoms with E-state index in [1.165, 1.54) is 0 Å². The molecule has 4 rings (SSSR count). The van der Waals surface area contributed by atoms with Crippen molar-refractivity contribution in [2.45, 2.75) is 45.6 Å². The fourth-order valence-electron chi connectivity index (χ4n) is 3.92. The first-order chi connectivity index (χ1) is 15.1. The number of nitrogens with zero attached hydrogens (tertiary/aromatic N) is 3. The van der Waals surface area contributed by atoms with E-state index in [0.29, 0.717) is 29.2 Å². The third-order valence-electron chi connectivity index (χ3n) is 5.64. The first-order valence-corrected chi connectivity index (χ1v) is 10.9. The number of esters is 1. The first kappa shape index (κ1) is 20.8. The monoisotopic (exact) mass is 416 g/mol. The number of hydrogen-bond acceptors (Lipinski definition) is 5. The lowest BCUT2D eigenvalue weighted by Crippen LogP contribution is -2.13. The summed E-state index contributed by atoms with van der Waals surface area (Å²) in [6, 6.07) is 17.5. The molecule has 4 aromatic rings. The SMILES string of the molecule is CCCCCCOC(=O)c1c(N)n([C@H](C)c2ccccc2)c2nc3ccccc3nc12. The van der Waals surface area contributed by atoms with Gasteiger partial charge >= 0.3 is 5.97 Å². The molecule has 31 heavy (non-hydrogen) atoms. The van der Waals surface area contributed by atoms with Crippen LogP contribution in [-0.2, 0) is 4.74 Å². The van der Waals surface area contributed by atoms with Gasteiger partial charge in [-0.1, -0.05) is 68.7 Å². The fraction of sp³-hybridized carbons (Fsp3) is 0.320. The molecular weight excluding hydrogens is 388 g/mol. The summed E-state index contributed by atoms with van der Waals surface area (Å²) in [4.78, 5) is 22.6. The van der Waals surface area contributed by atoms with Crippen LogP contribution in [0.25, 0.3) is 22.2 Å². The van der Waals surface area contributed by atoms with E-state index < -0.39 is 5.97 Å². The van der Waals surface area contributed by atoms with Gasteiger partial charge in [-0.05, 0) is 31.0 Å². The third-order valence-corrected chi connectivity index (χ3v) is 5.64. The smallest absolute Gasteiger partial charge is 0.344 e. The van der Waals surface area contributed by atoms with Crippen LogP contribution in [0.4, 0.5) is 5.82 Å². The second-order valence-corrected chi connectivity index (χ2v) is 7.80. The number of carbonyl (C=O) groups is 1. The number of benzene rings is 2. The Kier molecular flexibility index (Phi) is 6.16. The van der Waals surface area contributed by atoms with E-state index >= 15 is 0 Å². The van der Waals surface area contributed by atoms with Gasteiger partial charge in [0.05, 0.1) is 23.7 Å². The lowest BCUT2D eigenvalue weighted by molar-refractivity contribution is 0.0501. The Hall–Kier alpha value is -3.41. The summed E-state index contributed by atoms with van der Waals surface area (Å²) in [7, 11) is 0. The number of rotatable bonds is 8. The molecule has 0 radical (unpaired) electrons. The van der Waals surface area contributed by atoms with Gasteiger partial charge in [-0.15, -0.1) is 0 Å². The van der Waals surface area contributed by atoms with Gasteiger partial charge in [0.2, 0.25) is 0 Å². The minimum absolute atomic E-state index is 0.120. The summed E-state index contributed by atoms with van der Waals surface area (Å²) >= 11 is 0. The van der Waals surface area contributed by atoms with Gasteiger partial charge < -0.3 is 15.0 Å². The molecule has 2 aromatic carbocycles. The standard InChI is InChI=1S/C25H28N4O2/c1-3-4-5-11-16-31-25(30)21-22-24(28-20-15-10-9-14-19(20)27-22)29(23(21)26)17(2)18-12-7-6-8-13-18/h6-10,12-15,17H,3-5,11,16,26H2,1-2H3/t17-/m1/s1. The van der Waals surface area contributed by atoms with Crippen molar-refractivity contribution in [3.05, 3.63) is 65.7 Å². The van der Waals surface area contributed by atoms with Crippen LogP contribution in [0.15, 0.2) is 54.6 Å². The molecule has 160 valence electrons.